The maximum Gasteiger partial charge on any atom is 0.124 e. The lowest BCUT2D eigenvalue weighted by Crippen LogP contribution is -2.28. The molecule has 0 saturated heterocycles. The van der Waals surface area contributed by atoms with Crippen LogP contribution in [0.3, 0.4) is 0 Å². The molecule has 2 aromatic carbocycles. The lowest BCUT2D eigenvalue weighted by molar-refractivity contribution is 0.301. The molecule has 2 nitrogen and oxygen atoms in total. The first-order valence-corrected chi connectivity index (χ1v) is 9.86. The predicted molar refractivity (Wildman–Crippen MR) is 106 cm³/mol. The van der Waals surface area contributed by atoms with E-state index in [0.29, 0.717) is 22.7 Å². The Morgan fingerprint density at radius 1 is 0.920 bits per heavy atom. The lowest BCUT2D eigenvalue weighted by atomic mass is 10.1. The van der Waals surface area contributed by atoms with Crippen molar-refractivity contribution in [2.75, 3.05) is 0 Å². The molecule has 1 fully saturated rings. The van der Waals surface area contributed by atoms with Crippen LogP contribution in [-0.4, -0.2) is 6.04 Å². The van der Waals surface area contributed by atoms with Crippen molar-refractivity contribution < 1.29 is 4.74 Å². The Balaban J connectivity index is 1.60. The number of ether oxygens (including phenoxy) is 1. The van der Waals surface area contributed by atoms with Gasteiger partial charge < -0.3 is 10.1 Å². The van der Waals surface area contributed by atoms with Gasteiger partial charge in [-0.05, 0) is 31.0 Å². The maximum atomic E-state index is 6.24. The molecule has 0 atom stereocenters. The first-order chi connectivity index (χ1) is 12.2. The first kappa shape index (κ1) is 18.6. The topological polar surface area (TPSA) is 21.3 Å². The highest BCUT2D eigenvalue weighted by atomic mass is 35.5. The fourth-order valence-electron chi connectivity index (χ4n) is 3.32. The molecule has 1 aliphatic rings. The summed E-state index contributed by atoms with van der Waals surface area (Å²) in [5.74, 6) is 0.912. The Hall–Kier alpha value is -1.22. The number of hydrogen-bond acceptors (Lipinski definition) is 2. The van der Waals surface area contributed by atoms with Crippen LogP contribution >= 0.6 is 23.2 Å². The Morgan fingerprint density at radius 2 is 1.68 bits per heavy atom. The number of benzene rings is 2. The van der Waals surface area contributed by atoms with E-state index < -0.39 is 0 Å². The van der Waals surface area contributed by atoms with Crippen LogP contribution in [0.15, 0.2) is 42.5 Å². The van der Waals surface area contributed by atoms with Crippen LogP contribution in [-0.2, 0) is 13.2 Å². The predicted octanol–water partition coefficient (Wildman–Crippen LogP) is 6.38. The molecule has 25 heavy (non-hydrogen) atoms. The van der Waals surface area contributed by atoms with Gasteiger partial charge in [0.15, 0.2) is 0 Å². The van der Waals surface area contributed by atoms with Crippen LogP contribution in [0.25, 0.3) is 0 Å². The molecule has 1 saturated carbocycles. The van der Waals surface area contributed by atoms with Crippen molar-refractivity contribution >= 4 is 23.2 Å². The lowest BCUT2D eigenvalue weighted by Gasteiger charge is -2.18. The molecule has 134 valence electrons. The average Bonchev–Trinajstić information content (AvgIpc) is 2.89. The van der Waals surface area contributed by atoms with Crippen molar-refractivity contribution in [2.45, 2.75) is 57.7 Å². The Bertz CT molecular complexity index is 681. The standard InChI is InChI=1S/C21H25Cl2NO/c22-18-12-11-17(20(23)13-18)15-25-21-10-6-5-7-16(21)14-24-19-8-3-1-2-4-9-19/h5-7,10-13,19,24H,1-4,8-9,14-15H2. The monoisotopic (exact) mass is 377 g/mol. The number of rotatable bonds is 6. The number of nitrogens with one attached hydrogen (secondary N) is 1. The molecular formula is C21H25Cl2NO. The van der Waals surface area contributed by atoms with E-state index in [9.17, 15) is 0 Å². The summed E-state index contributed by atoms with van der Waals surface area (Å²) in [6, 6.07) is 14.3. The second-order valence-corrected chi connectivity index (χ2v) is 7.55. The van der Waals surface area contributed by atoms with Gasteiger partial charge >= 0.3 is 0 Å². The number of para-hydroxylation sites is 1. The molecule has 3 rings (SSSR count). The minimum atomic E-state index is 0.441. The molecule has 4 heteroatoms. The molecule has 2 aromatic rings. The number of halogens is 2. The Labute approximate surface area is 160 Å². The molecule has 0 unspecified atom stereocenters. The minimum absolute atomic E-state index is 0.441. The zero-order chi connectivity index (χ0) is 17.5. The second-order valence-electron chi connectivity index (χ2n) is 6.70. The molecule has 0 radical (unpaired) electrons. The van der Waals surface area contributed by atoms with Crippen molar-refractivity contribution in [3.05, 3.63) is 63.6 Å². The Morgan fingerprint density at radius 3 is 2.44 bits per heavy atom. The summed E-state index contributed by atoms with van der Waals surface area (Å²) < 4.78 is 6.04. The highest BCUT2D eigenvalue weighted by Gasteiger charge is 2.13. The second kappa shape index (κ2) is 9.47. The summed E-state index contributed by atoms with van der Waals surface area (Å²) in [6.07, 6.45) is 7.99. The highest BCUT2D eigenvalue weighted by Crippen LogP contribution is 2.25. The summed E-state index contributed by atoms with van der Waals surface area (Å²) in [6.45, 7) is 1.28. The zero-order valence-corrected chi connectivity index (χ0v) is 16.0. The Kier molecular flexibility index (Phi) is 7.03. The van der Waals surface area contributed by atoms with E-state index in [1.807, 2.05) is 24.3 Å². The molecule has 0 heterocycles. The largest absolute Gasteiger partial charge is 0.489 e. The van der Waals surface area contributed by atoms with E-state index in [-0.39, 0.29) is 0 Å². The maximum absolute atomic E-state index is 6.24. The molecule has 0 spiro atoms. The molecule has 0 aromatic heterocycles. The highest BCUT2D eigenvalue weighted by molar-refractivity contribution is 6.35. The van der Waals surface area contributed by atoms with Crippen molar-refractivity contribution in [1.29, 1.82) is 0 Å². The van der Waals surface area contributed by atoms with E-state index in [0.717, 1.165) is 17.9 Å². The zero-order valence-electron chi connectivity index (χ0n) is 14.4. The smallest absolute Gasteiger partial charge is 0.124 e. The van der Waals surface area contributed by atoms with Crippen LogP contribution in [0.4, 0.5) is 0 Å². The van der Waals surface area contributed by atoms with Crippen LogP contribution in [0.2, 0.25) is 10.0 Å². The van der Waals surface area contributed by atoms with Crippen molar-refractivity contribution in [3.63, 3.8) is 0 Å². The van der Waals surface area contributed by atoms with E-state index >= 15 is 0 Å². The third kappa shape index (κ3) is 5.64. The minimum Gasteiger partial charge on any atom is -0.489 e. The molecular weight excluding hydrogens is 353 g/mol. The van der Waals surface area contributed by atoms with Gasteiger partial charge in [-0.25, -0.2) is 0 Å². The summed E-state index contributed by atoms with van der Waals surface area (Å²) in [4.78, 5) is 0. The van der Waals surface area contributed by atoms with Crippen molar-refractivity contribution in [2.24, 2.45) is 0 Å². The number of hydrogen-bond donors (Lipinski definition) is 1. The van der Waals surface area contributed by atoms with E-state index in [4.69, 9.17) is 27.9 Å². The van der Waals surface area contributed by atoms with Gasteiger partial charge in [-0.2, -0.15) is 0 Å². The van der Waals surface area contributed by atoms with Gasteiger partial charge in [0.1, 0.15) is 12.4 Å². The normalized spacial score (nSPS) is 15.8. The van der Waals surface area contributed by atoms with E-state index in [1.54, 1.807) is 6.07 Å². The van der Waals surface area contributed by atoms with Gasteiger partial charge in [0, 0.05) is 33.8 Å². The quantitative estimate of drug-likeness (QED) is 0.589. The summed E-state index contributed by atoms with van der Waals surface area (Å²) in [5, 5.41) is 4.99. The summed E-state index contributed by atoms with van der Waals surface area (Å²) in [7, 11) is 0. The van der Waals surface area contributed by atoms with Gasteiger partial charge in [0.05, 0.1) is 0 Å². The SMILES string of the molecule is Clc1ccc(COc2ccccc2CNC2CCCCCC2)c(Cl)c1. The average molecular weight is 378 g/mol. The first-order valence-electron chi connectivity index (χ1n) is 9.10. The molecule has 1 N–H and O–H groups in total. The van der Waals surface area contributed by atoms with Crippen LogP contribution in [0.1, 0.15) is 49.7 Å². The molecule has 1 aliphatic carbocycles. The van der Waals surface area contributed by atoms with E-state index in [1.165, 1.54) is 44.1 Å². The fourth-order valence-corrected chi connectivity index (χ4v) is 3.79. The van der Waals surface area contributed by atoms with Gasteiger partial charge in [-0.3, -0.25) is 0 Å². The van der Waals surface area contributed by atoms with Gasteiger partial charge in [0.25, 0.3) is 0 Å². The van der Waals surface area contributed by atoms with Crippen molar-refractivity contribution in [3.8, 4) is 5.75 Å². The van der Waals surface area contributed by atoms with Gasteiger partial charge in [0.2, 0.25) is 0 Å². The van der Waals surface area contributed by atoms with Crippen LogP contribution in [0.5, 0.6) is 5.75 Å². The van der Waals surface area contributed by atoms with Gasteiger partial charge in [-0.15, -0.1) is 0 Å². The van der Waals surface area contributed by atoms with Crippen LogP contribution in [0, 0.1) is 0 Å². The summed E-state index contributed by atoms with van der Waals surface area (Å²) >= 11 is 12.2. The summed E-state index contributed by atoms with van der Waals surface area (Å²) in [5.41, 5.74) is 2.13. The van der Waals surface area contributed by atoms with Crippen molar-refractivity contribution in [1.82, 2.24) is 5.32 Å². The van der Waals surface area contributed by atoms with E-state index in [2.05, 4.69) is 17.4 Å². The van der Waals surface area contributed by atoms with Crippen LogP contribution < -0.4 is 10.1 Å². The molecule has 0 bridgehead atoms. The van der Waals surface area contributed by atoms with Gasteiger partial charge in [-0.1, -0.05) is 73.2 Å². The third-order valence-corrected chi connectivity index (χ3v) is 5.39. The fraction of sp³-hybridized carbons (Fsp3) is 0.429. The molecule has 0 amide bonds. The third-order valence-electron chi connectivity index (χ3n) is 4.81. The molecule has 0 aliphatic heterocycles.